The number of hydrogen-bond donors (Lipinski definition) is 1. The van der Waals surface area contributed by atoms with Crippen molar-refractivity contribution >= 4 is 0 Å². The molecular weight excluding hydrogens is 238 g/mol. The molecule has 0 spiro atoms. The molecule has 0 aliphatic heterocycles. The summed E-state index contributed by atoms with van der Waals surface area (Å²) in [5.41, 5.74) is 0.381. The van der Waals surface area contributed by atoms with Crippen molar-refractivity contribution in [2.45, 2.75) is 19.1 Å². The molecule has 1 N–H and O–H groups in total. The van der Waals surface area contributed by atoms with Gasteiger partial charge in [0.2, 0.25) is 0 Å². The second kappa shape index (κ2) is 5.35. The minimum atomic E-state index is -4.42. The van der Waals surface area contributed by atoms with Crippen LogP contribution in [0.25, 0.3) is 0 Å². The van der Waals surface area contributed by atoms with Gasteiger partial charge >= 0.3 is 6.18 Å². The normalized spacial score (nSPS) is 13.5. The van der Waals surface area contributed by atoms with Crippen molar-refractivity contribution in [1.29, 1.82) is 0 Å². The number of nitrogens with one attached hydrogen (secondary N) is 1. The Bertz CT molecular complexity index is 378. The van der Waals surface area contributed by atoms with Gasteiger partial charge in [-0.1, -0.05) is 6.07 Å². The van der Waals surface area contributed by atoms with E-state index >= 15 is 0 Å². The lowest BCUT2D eigenvalue weighted by Gasteiger charge is -2.13. The van der Waals surface area contributed by atoms with E-state index < -0.39 is 18.6 Å². The molecule has 0 aliphatic carbocycles. The maximum atomic E-state index is 13.5. The molecule has 2 nitrogen and oxygen atoms in total. The highest BCUT2D eigenvalue weighted by Gasteiger charge is 2.28. The van der Waals surface area contributed by atoms with Gasteiger partial charge in [-0.05, 0) is 20.0 Å². The summed E-state index contributed by atoms with van der Waals surface area (Å²) in [7, 11) is 1.66. The Labute approximate surface area is 96.6 Å². The molecule has 96 valence electrons. The van der Waals surface area contributed by atoms with E-state index in [-0.39, 0.29) is 11.8 Å². The van der Waals surface area contributed by atoms with Gasteiger partial charge in [0.25, 0.3) is 0 Å². The van der Waals surface area contributed by atoms with Crippen LogP contribution in [0.4, 0.5) is 17.6 Å². The van der Waals surface area contributed by atoms with Crippen molar-refractivity contribution in [1.82, 2.24) is 5.32 Å². The highest BCUT2D eigenvalue weighted by atomic mass is 19.4. The summed E-state index contributed by atoms with van der Waals surface area (Å²) in [6.45, 7) is 0.321. The standard InChI is InChI=1S/C11H13F4NO/c1-7(16-2)9-4-3-8(5-10(9)12)17-6-11(13,14)15/h3-5,7,16H,6H2,1-2H3. The van der Waals surface area contributed by atoms with E-state index in [9.17, 15) is 17.6 Å². The number of ether oxygens (including phenoxy) is 1. The number of benzene rings is 1. The number of hydrogen-bond acceptors (Lipinski definition) is 2. The Morgan fingerprint density at radius 2 is 2.00 bits per heavy atom. The van der Waals surface area contributed by atoms with Crippen LogP contribution in [0.5, 0.6) is 5.75 Å². The third-order valence-corrected chi connectivity index (χ3v) is 2.27. The Kier molecular flexibility index (Phi) is 4.34. The minimum absolute atomic E-state index is 0.133. The molecule has 0 amide bonds. The van der Waals surface area contributed by atoms with Crippen molar-refractivity contribution < 1.29 is 22.3 Å². The van der Waals surface area contributed by atoms with Gasteiger partial charge in [0.1, 0.15) is 11.6 Å². The molecule has 1 aromatic rings. The van der Waals surface area contributed by atoms with Crippen molar-refractivity contribution in [2.75, 3.05) is 13.7 Å². The SMILES string of the molecule is CNC(C)c1ccc(OCC(F)(F)F)cc1F. The Morgan fingerprint density at radius 1 is 1.35 bits per heavy atom. The summed E-state index contributed by atoms with van der Waals surface area (Å²) in [6.07, 6.45) is -4.42. The molecule has 0 heterocycles. The minimum Gasteiger partial charge on any atom is -0.484 e. The molecule has 17 heavy (non-hydrogen) atoms. The van der Waals surface area contributed by atoms with Gasteiger partial charge in [-0.25, -0.2) is 4.39 Å². The monoisotopic (exact) mass is 251 g/mol. The van der Waals surface area contributed by atoms with E-state index in [1.165, 1.54) is 12.1 Å². The molecule has 1 aromatic carbocycles. The van der Waals surface area contributed by atoms with Crippen LogP contribution in [0.2, 0.25) is 0 Å². The fourth-order valence-corrected chi connectivity index (χ4v) is 1.27. The van der Waals surface area contributed by atoms with Gasteiger partial charge < -0.3 is 10.1 Å². The quantitative estimate of drug-likeness (QED) is 0.830. The van der Waals surface area contributed by atoms with Crippen LogP contribution >= 0.6 is 0 Å². The lowest BCUT2D eigenvalue weighted by Crippen LogP contribution is -2.19. The first-order valence-corrected chi connectivity index (χ1v) is 5.00. The van der Waals surface area contributed by atoms with E-state index in [1.54, 1.807) is 14.0 Å². The van der Waals surface area contributed by atoms with E-state index in [4.69, 9.17) is 0 Å². The second-order valence-corrected chi connectivity index (χ2v) is 3.60. The molecular formula is C11H13F4NO. The fourth-order valence-electron chi connectivity index (χ4n) is 1.27. The number of rotatable bonds is 4. The third-order valence-electron chi connectivity index (χ3n) is 2.27. The van der Waals surface area contributed by atoms with E-state index in [0.29, 0.717) is 5.56 Å². The highest BCUT2D eigenvalue weighted by Crippen LogP contribution is 2.23. The van der Waals surface area contributed by atoms with Gasteiger partial charge in [-0.2, -0.15) is 13.2 Å². The molecule has 6 heteroatoms. The van der Waals surface area contributed by atoms with Crippen molar-refractivity contribution in [3.05, 3.63) is 29.6 Å². The van der Waals surface area contributed by atoms with Crippen LogP contribution in [0, 0.1) is 5.82 Å². The molecule has 1 atom stereocenters. The molecule has 0 saturated carbocycles. The molecule has 0 aromatic heterocycles. The van der Waals surface area contributed by atoms with Crippen LogP contribution in [0.15, 0.2) is 18.2 Å². The smallest absolute Gasteiger partial charge is 0.422 e. The molecule has 0 aliphatic rings. The van der Waals surface area contributed by atoms with Crippen molar-refractivity contribution in [3.63, 3.8) is 0 Å². The zero-order valence-electron chi connectivity index (χ0n) is 9.44. The van der Waals surface area contributed by atoms with Gasteiger partial charge in [-0.3, -0.25) is 0 Å². The summed E-state index contributed by atoms with van der Waals surface area (Å²) in [5, 5.41) is 2.84. The molecule has 0 saturated heterocycles. The van der Waals surface area contributed by atoms with Gasteiger partial charge in [0, 0.05) is 17.7 Å². The Morgan fingerprint density at radius 3 is 2.47 bits per heavy atom. The summed E-state index contributed by atoms with van der Waals surface area (Å²) in [6, 6.07) is 3.46. The summed E-state index contributed by atoms with van der Waals surface area (Å²) in [5.74, 6) is -0.724. The largest absolute Gasteiger partial charge is 0.484 e. The maximum absolute atomic E-state index is 13.5. The number of alkyl halides is 3. The fraction of sp³-hybridized carbons (Fsp3) is 0.455. The van der Waals surface area contributed by atoms with Crippen LogP contribution in [0.1, 0.15) is 18.5 Å². The molecule has 0 fully saturated rings. The third kappa shape index (κ3) is 4.22. The molecule has 1 rings (SSSR count). The lowest BCUT2D eigenvalue weighted by atomic mass is 10.1. The van der Waals surface area contributed by atoms with Crippen LogP contribution in [-0.2, 0) is 0 Å². The zero-order valence-corrected chi connectivity index (χ0v) is 9.44. The van der Waals surface area contributed by atoms with Crippen molar-refractivity contribution in [3.8, 4) is 5.75 Å². The first kappa shape index (κ1) is 13.8. The molecule has 1 unspecified atom stereocenters. The molecule has 0 radical (unpaired) electrons. The highest BCUT2D eigenvalue weighted by molar-refractivity contribution is 5.30. The summed E-state index contributed by atoms with van der Waals surface area (Å²) < 4.78 is 53.6. The summed E-state index contributed by atoms with van der Waals surface area (Å²) in [4.78, 5) is 0. The van der Waals surface area contributed by atoms with Crippen molar-refractivity contribution in [2.24, 2.45) is 0 Å². The average molecular weight is 251 g/mol. The molecule has 0 bridgehead atoms. The predicted molar refractivity (Wildman–Crippen MR) is 55.4 cm³/mol. The van der Waals surface area contributed by atoms with Gasteiger partial charge in [-0.15, -0.1) is 0 Å². The van der Waals surface area contributed by atoms with Gasteiger partial charge in [0.15, 0.2) is 6.61 Å². The van der Waals surface area contributed by atoms with Gasteiger partial charge in [0.05, 0.1) is 0 Å². The first-order valence-electron chi connectivity index (χ1n) is 5.00. The topological polar surface area (TPSA) is 21.3 Å². The second-order valence-electron chi connectivity index (χ2n) is 3.60. The Balaban J connectivity index is 2.75. The zero-order chi connectivity index (χ0) is 13.1. The number of halogens is 4. The van der Waals surface area contributed by atoms with Crippen LogP contribution in [0.3, 0.4) is 0 Å². The van der Waals surface area contributed by atoms with Crippen LogP contribution in [-0.4, -0.2) is 19.8 Å². The van der Waals surface area contributed by atoms with E-state index in [0.717, 1.165) is 6.07 Å². The maximum Gasteiger partial charge on any atom is 0.422 e. The Hall–Kier alpha value is -1.30. The van der Waals surface area contributed by atoms with E-state index in [1.807, 2.05) is 0 Å². The lowest BCUT2D eigenvalue weighted by molar-refractivity contribution is -0.153. The average Bonchev–Trinajstić information content (AvgIpc) is 2.24. The van der Waals surface area contributed by atoms with Crippen LogP contribution < -0.4 is 10.1 Å². The first-order chi connectivity index (χ1) is 7.83. The van der Waals surface area contributed by atoms with E-state index in [2.05, 4.69) is 10.1 Å². The predicted octanol–water partition coefficient (Wildman–Crippen LogP) is 3.05. The summed E-state index contributed by atoms with van der Waals surface area (Å²) >= 11 is 0.